The van der Waals surface area contributed by atoms with Gasteiger partial charge in [-0.15, -0.1) is 0 Å². The predicted molar refractivity (Wildman–Crippen MR) is 66.6 cm³/mol. The fourth-order valence-corrected chi connectivity index (χ4v) is 1.91. The van der Waals surface area contributed by atoms with E-state index in [-0.39, 0.29) is 11.0 Å². The van der Waals surface area contributed by atoms with Crippen LogP contribution in [0, 0.1) is 6.92 Å². The molecule has 0 spiro atoms. The number of rotatable bonds is 1. The molecule has 0 fully saturated rings. The number of aromatic carboxylic acids is 1. The second-order valence-corrected chi connectivity index (χ2v) is 5.37. The van der Waals surface area contributed by atoms with E-state index >= 15 is 0 Å². The van der Waals surface area contributed by atoms with Crippen LogP contribution in [0.1, 0.15) is 42.3 Å². The highest BCUT2D eigenvalue weighted by Gasteiger charge is 2.19. The zero-order valence-corrected chi connectivity index (χ0v) is 10.5. The van der Waals surface area contributed by atoms with Gasteiger partial charge in [0.05, 0.1) is 0 Å². The Labute approximate surface area is 100 Å². The van der Waals surface area contributed by atoms with Crippen molar-refractivity contribution >= 4 is 16.9 Å². The minimum absolute atomic E-state index is 0.00794. The Morgan fingerprint density at radius 2 is 1.94 bits per heavy atom. The molecule has 1 aromatic heterocycles. The standard InChI is InChI=1S/C14H16O3/c1-8-5-9(14(2,3)4)6-10-11(13(15)16)7-17-12(8)10/h5-7H,1-4H3,(H,15,16). The van der Waals surface area contributed by atoms with Gasteiger partial charge in [-0.3, -0.25) is 0 Å². The summed E-state index contributed by atoms with van der Waals surface area (Å²) in [5.41, 5.74) is 2.97. The van der Waals surface area contributed by atoms with E-state index in [9.17, 15) is 4.79 Å². The fraction of sp³-hybridized carbons (Fsp3) is 0.357. The van der Waals surface area contributed by atoms with Crippen molar-refractivity contribution in [3.05, 3.63) is 35.1 Å². The summed E-state index contributed by atoms with van der Waals surface area (Å²) in [7, 11) is 0. The molecule has 0 radical (unpaired) electrons. The molecule has 3 heteroatoms. The van der Waals surface area contributed by atoms with Gasteiger partial charge in [0.25, 0.3) is 0 Å². The van der Waals surface area contributed by atoms with Crippen molar-refractivity contribution in [3.63, 3.8) is 0 Å². The van der Waals surface area contributed by atoms with Crippen LogP contribution in [0.4, 0.5) is 0 Å². The van der Waals surface area contributed by atoms with E-state index in [1.54, 1.807) is 0 Å². The third kappa shape index (κ3) is 1.93. The van der Waals surface area contributed by atoms with E-state index in [2.05, 4.69) is 26.8 Å². The number of aryl methyl sites for hydroxylation is 1. The van der Waals surface area contributed by atoms with Crippen molar-refractivity contribution in [2.75, 3.05) is 0 Å². The molecular formula is C14H16O3. The number of furan rings is 1. The summed E-state index contributed by atoms with van der Waals surface area (Å²) in [6.45, 7) is 8.25. The van der Waals surface area contributed by atoms with Crippen molar-refractivity contribution in [2.45, 2.75) is 33.1 Å². The number of carboxylic acids is 1. The number of fused-ring (bicyclic) bond motifs is 1. The zero-order valence-electron chi connectivity index (χ0n) is 10.5. The molecule has 1 heterocycles. The lowest BCUT2D eigenvalue weighted by Gasteiger charge is -2.19. The van der Waals surface area contributed by atoms with Gasteiger partial charge in [0.1, 0.15) is 17.4 Å². The Bertz CT molecular complexity index is 585. The summed E-state index contributed by atoms with van der Waals surface area (Å²) in [6, 6.07) is 3.97. The van der Waals surface area contributed by atoms with Gasteiger partial charge in [-0.25, -0.2) is 4.79 Å². The first-order chi connectivity index (χ1) is 7.80. The Morgan fingerprint density at radius 1 is 1.29 bits per heavy atom. The predicted octanol–water partition coefficient (Wildman–Crippen LogP) is 3.74. The molecular weight excluding hydrogens is 216 g/mol. The molecule has 0 aliphatic heterocycles. The van der Waals surface area contributed by atoms with Gasteiger partial charge in [0.15, 0.2) is 0 Å². The molecule has 2 aromatic rings. The molecule has 0 aliphatic rings. The lowest BCUT2D eigenvalue weighted by molar-refractivity contribution is 0.0698. The van der Waals surface area contributed by atoms with Crippen LogP contribution in [0.3, 0.4) is 0 Å². The molecule has 0 bridgehead atoms. The van der Waals surface area contributed by atoms with E-state index in [4.69, 9.17) is 9.52 Å². The van der Waals surface area contributed by atoms with Gasteiger partial charge in [-0.05, 0) is 29.5 Å². The SMILES string of the molecule is Cc1cc(C(C)(C)C)cc2c(C(=O)O)coc12. The van der Waals surface area contributed by atoms with Crippen molar-refractivity contribution in [3.8, 4) is 0 Å². The summed E-state index contributed by atoms with van der Waals surface area (Å²) < 4.78 is 5.33. The van der Waals surface area contributed by atoms with Crippen LogP contribution in [-0.2, 0) is 5.41 Å². The number of carbonyl (C=O) groups is 1. The molecule has 0 aliphatic carbocycles. The van der Waals surface area contributed by atoms with Crippen LogP contribution in [0.2, 0.25) is 0 Å². The van der Waals surface area contributed by atoms with Gasteiger partial charge < -0.3 is 9.52 Å². The van der Waals surface area contributed by atoms with E-state index in [0.29, 0.717) is 11.0 Å². The second-order valence-electron chi connectivity index (χ2n) is 5.37. The first-order valence-electron chi connectivity index (χ1n) is 5.56. The maximum absolute atomic E-state index is 11.1. The first kappa shape index (κ1) is 11.7. The number of hydrogen-bond acceptors (Lipinski definition) is 2. The van der Waals surface area contributed by atoms with E-state index in [1.807, 2.05) is 13.0 Å². The zero-order chi connectivity index (χ0) is 12.8. The Hall–Kier alpha value is -1.77. The Morgan fingerprint density at radius 3 is 2.47 bits per heavy atom. The Kier molecular flexibility index (Phi) is 2.49. The summed E-state index contributed by atoms with van der Waals surface area (Å²) >= 11 is 0. The molecule has 0 atom stereocenters. The van der Waals surface area contributed by atoms with Crippen LogP contribution in [0.15, 0.2) is 22.8 Å². The van der Waals surface area contributed by atoms with Crippen LogP contribution in [0.25, 0.3) is 11.0 Å². The van der Waals surface area contributed by atoms with E-state index in [0.717, 1.165) is 11.1 Å². The van der Waals surface area contributed by atoms with Gasteiger partial charge in [-0.2, -0.15) is 0 Å². The van der Waals surface area contributed by atoms with Crippen molar-refractivity contribution in [2.24, 2.45) is 0 Å². The highest BCUT2D eigenvalue weighted by atomic mass is 16.4. The van der Waals surface area contributed by atoms with Crippen LogP contribution < -0.4 is 0 Å². The molecule has 90 valence electrons. The number of carboxylic acid groups (broad SMARTS) is 1. The molecule has 17 heavy (non-hydrogen) atoms. The van der Waals surface area contributed by atoms with Crippen molar-refractivity contribution in [1.82, 2.24) is 0 Å². The minimum Gasteiger partial charge on any atom is -0.478 e. The quantitative estimate of drug-likeness (QED) is 0.814. The minimum atomic E-state index is -0.950. The Balaban J connectivity index is 2.78. The molecule has 0 saturated heterocycles. The van der Waals surface area contributed by atoms with Crippen LogP contribution >= 0.6 is 0 Å². The summed E-state index contributed by atoms with van der Waals surface area (Å²) in [5, 5.41) is 9.78. The number of hydrogen-bond donors (Lipinski definition) is 1. The molecule has 2 rings (SSSR count). The monoisotopic (exact) mass is 232 g/mol. The average Bonchev–Trinajstić information content (AvgIpc) is 2.60. The fourth-order valence-electron chi connectivity index (χ4n) is 1.91. The second kappa shape index (κ2) is 3.62. The molecule has 0 unspecified atom stereocenters. The normalized spacial score (nSPS) is 12.0. The summed E-state index contributed by atoms with van der Waals surface area (Å²) in [4.78, 5) is 11.1. The molecule has 1 aromatic carbocycles. The lowest BCUT2D eigenvalue weighted by atomic mass is 9.85. The number of benzene rings is 1. The van der Waals surface area contributed by atoms with Gasteiger partial charge >= 0.3 is 5.97 Å². The van der Waals surface area contributed by atoms with Crippen molar-refractivity contribution in [1.29, 1.82) is 0 Å². The summed E-state index contributed by atoms with van der Waals surface area (Å²) in [6.07, 6.45) is 1.31. The highest BCUT2D eigenvalue weighted by molar-refractivity contribution is 6.03. The topological polar surface area (TPSA) is 50.4 Å². The average molecular weight is 232 g/mol. The molecule has 1 N–H and O–H groups in total. The maximum atomic E-state index is 11.1. The maximum Gasteiger partial charge on any atom is 0.339 e. The van der Waals surface area contributed by atoms with Gasteiger partial charge in [-0.1, -0.05) is 26.8 Å². The van der Waals surface area contributed by atoms with Crippen molar-refractivity contribution < 1.29 is 14.3 Å². The van der Waals surface area contributed by atoms with Gasteiger partial charge in [0.2, 0.25) is 0 Å². The molecule has 0 saturated carbocycles. The summed E-state index contributed by atoms with van der Waals surface area (Å²) in [5.74, 6) is -0.950. The van der Waals surface area contributed by atoms with Crippen LogP contribution in [0.5, 0.6) is 0 Å². The highest BCUT2D eigenvalue weighted by Crippen LogP contribution is 2.31. The third-order valence-corrected chi connectivity index (χ3v) is 2.96. The lowest BCUT2D eigenvalue weighted by Crippen LogP contribution is -2.11. The van der Waals surface area contributed by atoms with Crippen LogP contribution in [-0.4, -0.2) is 11.1 Å². The van der Waals surface area contributed by atoms with E-state index in [1.165, 1.54) is 6.26 Å². The molecule has 3 nitrogen and oxygen atoms in total. The van der Waals surface area contributed by atoms with Gasteiger partial charge in [0, 0.05) is 5.39 Å². The smallest absolute Gasteiger partial charge is 0.339 e. The third-order valence-electron chi connectivity index (χ3n) is 2.96. The largest absolute Gasteiger partial charge is 0.478 e. The van der Waals surface area contributed by atoms with E-state index < -0.39 is 5.97 Å². The first-order valence-corrected chi connectivity index (χ1v) is 5.56. The molecule has 0 amide bonds.